The van der Waals surface area contributed by atoms with Gasteiger partial charge in [0.05, 0.1) is 41.3 Å². The third kappa shape index (κ3) is 5.39. The third-order valence-corrected chi connectivity index (χ3v) is 6.64. The van der Waals surface area contributed by atoms with Crippen molar-refractivity contribution in [3.05, 3.63) is 54.1 Å². The molecule has 2 N–H and O–H groups in total. The van der Waals surface area contributed by atoms with E-state index in [-0.39, 0.29) is 29.8 Å². The van der Waals surface area contributed by atoms with E-state index in [9.17, 15) is 13.6 Å². The zero-order chi connectivity index (χ0) is 27.9. The van der Waals surface area contributed by atoms with E-state index < -0.39 is 18.0 Å². The van der Waals surface area contributed by atoms with Crippen LogP contribution < -0.4 is 10.6 Å². The summed E-state index contributed by atoms with van der Waals surface area (Å²) in [6, 6.07) is 2.16. The lowest BCUT2D eigenvalue weighted by atomic mass is 10.0. The summed E-state index contributed by atoms with van der Waals surface area (Å²) in [6.07, 6.45) is 4.13. The molecule has 0 spiro atoms. The molecule has 1 aliphatic heterocycles. The van der Waals surface area contributed by atoms with Crippen molar-refractivity contribution in [3.8, 4) is 5.95 Å². The number of aromatic nitrogens is 6. The predicted molar refractivity (Wildman–Crippen MR) is 142 cm³/mol. The van der Waals surface area contributed by atoms with Crippen LogP contribution in [-0.2, 0) is 12.1 Å². The molecule has 1 saturated heterocycles. The van der Waals surface area contributed by atoms with Crippen LogP contribution >= 0.6 is 0 Å². The van der Waals surface area contributed by atoms with Crippen molar-refractivity contribution in [2.24, 2.45) is 0 Å². The largest absolute Gasteiger partial charge is 0.377 e. The SMILES string of the molecule is C=Cc1c2cc(F)cc(N[C@@H]3CCN(C)C[C@@H]3F)c2nn1-c1noc(CNC(=O)c2cnn(C(C)(C)C)c2)n1. The van der Waals surface area contributed by atoms with Gasteiger partial charge in [0.1, 0.15) is 17.5 Å². The molecular formula is C26H31F2N9O2. The summed E-state index contributed by atoms with van der Waals surface area (Å²) < 4.78 is 37.7. The normalized spacial score (nSPS) is 18.4. The van der Waals surface area contributed by atoms with E-state index in [2.05, 4.69) is 37.6 Å². The molecule has 1 aromatic carbocycles. The molecule has 0 unspecified atom stereocenters. The molecule has 3 aromatic heterocycles. The van der Waals surface area contributed by atoms with Crippen LogP contribution in [-0.4, -0.2) is 72.9 Å². The first-order chi connectivity index (χ1) is 18.5. The monoisotopic (exact) mass is 539 g/mol. The van der Waals surface area contributed by atoms with Crippen molar-refractivity contribution in [1.29, 1.82) is 0 Å². The fourth-order valence-electron chi connectivity index (χ4n) is 4.52. The first kappa shape index (κ1) is 26.5. The number of fused-ring (bicyclic) bond motifs is 1. The van der Waals surface area contributed by atoms with Gasteiger partial charge < -0.3 is 20.1 Å². The number of amides is 1. The lowest BCUT2D eigenvalue weighted by molar-refractivity contribution is 0.0946. The van der Waals surface area contributed by atoms with Gasteiger partial charge in [-0.3, -0.25) is 9.48 Å². The second-order valence-electron chi connectivity index (χ2n) is 10.7. The number of piperidine rings is 1. The Morgan fingerprint density at radius 2 is 2.13 bits per heavy atom. The lowest BCUT2D eigenvalue weighted by Crippen LogP contribution is -2.46. The number of benzene rings is 1. The van der Waals surface area contributed by atoms with E-state index >= 15 is 0 Å². The summed E-state index contributed by atoms with van der Waals surface area (Å²) in [7, 11) is 1.87. The van der Waals surface area contributed by atoms with E-state index in [1.54, 1.807) is 10.9 Å². The number of halogens is 2. The van der Waals surface area contributed by atoms with Gasteiger partial charge in [-0.1, -0.05) is 6.58 Å². The number of anilines is 1. The van der Waals surface area contributed by atoms with Crippen molar-refractivity contribution in [2.45, 2.75) is 51.5 Å². The van der Waals surface area contributed by atoms with Crippen molar-refractivity contribution in [2.75, 3.05) is 25.5 Å². The van der Waals surface area contributed by atoms with E-state index in [0.717, 1.165) is 6.54 Å². The maximum absolute atomic E-state index is 14.7. The molecular weight excluding hydrogens is 508 g/mol. The molecule has 0 radical (unpaired) electrons. The molecule has 1 aliphatic rings. The van der Waals surface area contributed by atoms with Crippen LogP contribution in [0.1, 0.15) is 49.1 Å². The topological polar surface area (TPSA) is 119 Å². The Morgan fingerprint density at radius 3 is 2.82 bits per heavy atom. The predicted octanol–water partition coefficient (Wildman–Crippen LogP) is 3.53. The highest BCUT2D eigenvalue weighted by atomic mass is 19.1. The Bertz CT molecular complexity index is 1520. The number of hydrogen-bond acceptors (Lipinski definition) is 8. The molecule has 11 nitrogen and oxygen atoms in total. The summed E-state index contributed by atoms with van der Waals surface area (Å²) in [4.78, 5) is 18.8. The minimum absolute atomic E-state index is 0.0216. The van der Waals surface area contributed by atoms with Gasteiger partial charge >= 0.3 is 0 Å². The minimum atomic E-state index is -1.11. The zero-order valence-corrected chi connectivity index (χ0v) is 22.3. The minimum Gasteiger partial charge on any atom is -0.377 e. The smallest absolute Gasteiger partial charge is 0.291 e. The molecule has 0 bridgehead atoms. The van der Waals surface area contributed by atoms with E-state index in [1.807, 2.05) is 32.7 Å². The first-order valence-electron chi connectivity index (χ1n) is 12.6. The van der Waals surface area contributed by atoms with Crippen LogP contribution in [0.15, 0.2) is 35.6 Å². The Kier molecular flexibility index (Phi) is 6.93. The van der Waals surface area contributed by atoms with Crippen LogP contribution in [0.2, 0.25) is 0 Å². The van der Waals surface area contributed by atoms with Crippen molar-refractivity contribution >= 4 is 28.6 Å². The highest BCUT2D eigenvalue weighted by Gasteiger charge is 2.29. The number of nitrogens with one attached hydrogen (secondary N) is 2. The second-order valence-corrected chi connectivity index (χ2v) is 10.7. The third-order valence-electron chi connectivity index (χ3n) is 6.64. The van der Waals surface area contributed by atoms with Gasteiger partial charge in [0, 0.05) is 24.7 Å². The van der Waals surface area contributed by atoms with Crippen LogP contribution in [0.25, 0.3) is 22.9 Å². The van der Waals surface area contributed by atoms with Crippen LogP contribution in [0.5, 0.6) is 0 Å². The fraction of sp³-hybridized carbons (Fsp3) is 0.423. The van der Waals surface area contributed by atoms with Crippen molar-refractivity contribution < 1.29 is 18.1 Å². The van der Waals surface area contributed by atoms with Crippen molar-refractivity contribution in [3.63, 3.8) is 0 Å². The Labute approximate surface area is 223 Å². The summed E-state index contributed by atoms with van der Waals surface area (Å²) in [5.74, 6) is -0.609. The molecule has 1 amide bonds. The van der Waals surface area contributed by atoms with Gasteiger partial charge in [-0.05, 0) is 57.6 Å². The van der Waals surface area contributed by atoms with Gasteiger partial charge in [0.15, 0.2) is 0 Å². The van der Waals surface area contributed by atoms with Crippen molar-refractivity contribution in [1.82, 2.24) is 39.9 Å². The molecule has 0 saturated carbocycles. The van der Waals surface area contributed by atoms with E-state index in [1.165, 1.54) is 29.1 Å². The zero-order valence-electron chi connectivity index (χ0n) is 22.3. The number of rotatable bonds is 7. The molecule has 13 heteroatoms. The number of carbonyl (C=O) groups excluding carboxylic acids is 1. The fourth-order valence-corrected chi connectivity index (χ4v) is 4.52. The first-order valence-corrected chi connectivity index (χ1v) is 12.6. The molecule has 1 fully saturated rings. The quantitative estimate of drug-likeness (QED) is 0.366. The molecule has 39 heavy (non-hydrogen) atoms. The number of alkyl halides is 1. The number of carbonyl (C=O) groups is 1. The van der Waals surface area contributed by atoms with Crippen LogP contribution in [0, 0.1) is 5.82 Å². The summed E-state index contributed by atoms with van der Waals surface area (Å²) in [5, 5.41) is 19.1. The number of likely N-dealkylation sites (tertiary alicyclic amines) is 1. The average molecular weight is 540 g/mol. The average Bonchev–Trinajstić information content (AvgIpc) is 3.62. The standard InChI is InChI=1S/C26H31F2N9O2/c1-6-21-17-9-16(27)10-20(31-19-7-8-35(5)14-18(19)28)23(17)33-37(21)25-32-22(39-34-25)12-29-24(38)15-11-30-36(13-15)26(2,3)4/h6,9-11,13,18-19,31H,1,7-8,12,14H2,2-5H3,(H,29,38)/t18-,19+/m0/s1. The molecule has 5 rings (SSSR count). The highest BCUT2D eigenvalue weighted by molar-refractivity contribution is 5.96. The van der Waals surface area contributed by atoms with Gasteiger partial charge in [0.2, 0.25) is 5.89 Å². The maximum Gasteiger partial charge on any atom is 0.291 e. The molecule has 4 aromatic rings. The van der Waals surface area contributed by atoms with Gasteiger partial charge in [-0.2, -0.15) is 19.9 Å². The van der Waals surface area contributed by atoms with E-state index in [4.69, 9.17) is 4.52 Å². The number of hydrogen-bond donors (Lipinski definition) is 2. The summed E-state index contributed by atoms with van der Waals surface area (Å²) in [5.41, 5.74) is 1.39. The highest BCUT2D eigenvalue weighted by Crippen LogP contribution is 2.31. The summed E-state index contributed by atoms with van der Waals surface area (Å²) in [6.45, 7) is 10.8. The Hall–Kier alpha value is -4.13. The molecule has 0 aliphatic carbocycles. The molecule has 2 atom stereocenters. The lowest BCUT2D eigenvalue weighted by Gasteiger charge is -2.33. The van der Waals surface area contributed by atoms with Gasteiger partial charge in [-0.15, -0.1) is 0 Å². The Balaban J connectivity index is 1.37. The van der Waals surface area contributed by atoms with Crippen LogP contribution in [0.3, 0.4) is 0 Å². The van der Waals surface area contributed by atoms with Crippen LogP contribution in [0.4, 0.5) is 14.5 Å². The molecule has 206 valence electrons. The van der Waals surface area contributed by atoms with Gasteiger partial charge in [-0.25, -0.2) is 8.78 Å². The second kappa shape index (κ2) is 10.2. The Morgan fingerprint density at radius 1 is 1.33 bits per heavy atom. The summed E-state index contributed by atoms with van der Waals surface area (Å²) >= 11 is 0. The van der Waals surface area contributed by atoms with E-state index in [0.29, 0.717) is 40.8 Å². The molecule has 4 heterocycles. The number of nitrogens with zero attached hydrogens (tertiary/aromatic N) is 7. The maximum atomic E-state index is 14.7. The van der Waals surface area contributed by atoms with Gasteiger partial charge in [0.25, 0.3) is 11.9 Å².